The molecule has 2 fully saturated rings. The van der Waals surface area contributed by atoms with Crippen LogP contribution in [0.1, 0.15) is 51.1 Å². The zero-order chi connectivity index (χ0) is 30.0. The molecule has 2 heterocycles. The predicted octanol–water partition coefficient (Wildman–Crippen LogP) is 4.80. The molecule has 1 saturated carbocycles. The largest absolute Gasteiger partial charge is 0.488 e. The zero-order valence-corrected chi connectivity index (χ0v) is 25.1. The lowest BCUT2D eigenvalue weighted by Gasteiger charge is -2.33. The molecule has 0 bridgehead atoms. The molecule has 0 spiro atoms. The number of benzene rings is 2. The Labute approximate surface area is 253 Å². The molecule has 2 aliphatic rings. The van der Waals surface area contributed by atoms with E-state index in [1.807, 2.05) is 43.3 Å². The minimum atomic E-state index is -0.222. The van der Waals surface area contributed by atoms with Gasteiger partial charge in [-0.05, 0) is 51.2 Å². The van der Waals surface area contributed by atoms with Gasteiger partial charge < -0.3 is 20.1 Å². The molecule has 10 heteroatoms. The van der Waals surface area contributed by atoms with E-state index in [1.54, 1.807) is 12.4 Å². The minimum Gasteiger partial charge on any atom is -0.488 e. The molecule has 1 atom stereocenters. The second kappa shape index (κ2) is 14.9. The van der Waals surface area contributed by atoms with Crippen molar-refractivity contribution >= 4 is 34.3 Å². The van der Waals surface area contributed by atoms with Gasteiger partial charge >= 0.3 is 5.97 Å². The Hall–Kier alpha value is -4.02. The highest BCUT2D eigenvalue weighted by molar-refractivity contribution is 6.03. The van der Waals surface area contributed by atoms with Crippen molar-refractivity contribution in [1.82, 2.24) is 19.8 Å². The first-order chi connectivity index (χ1) is 21.0. The number of nitrogens with zero attached hydrogens (tertiary/aromatic N) is 4. The summed E-state index contributed by atoms with van der Waals surface area (Å²) in [5.74, 6) is 0.916. The molecule has 0 radical (unpaired) electrons. The molecular formula is C33H42N6O4. The topological polar surface area (TPSA) is 109 Å². The van der Waals surface area contributed by atoms with Gasteiger partial charge in [0, 0.05) is 56.3 Å². The Bertz CT molecular complexity index is 1400. The molecule has 2 aromatic carbocycles. The maximum absolute atomic E-state index is 13.1. The summed E-state index contributed by atoms with van der Waals surface area (Å²) in [7, 11) is 0. The molecule has 5 rings (SSSR count). The fraction of sp³-hybridized carbons (Fsp3) is 0.455. The number of hydrogen-bond donors (Lipinski definition) is 2. The van der Waals surface area contributed by atoms with E-state index in [2.05, 4.69) is 49.5 Å². The van der Waals surface area contributed by atoms with Crippen LogP contribution in [-0.4, -0.2) is 83.6 Å². The molecule has 228 valence electrons. The lowest BCUT2D eigenvalue weighted by atomic mass is 10.1. The number of ether oxygens (including phenoxy) is 2. The van der Waals surface area contributed by atoms with E-state index in [4.69, 9.17) is 9.47 Å². The van der Waals surface area contributed by atoms with Crippen LogP contribution in [0.2, 0.25) is 0 Å². The fourth-order valence-corrected chi connectivity index (χ4v) is 5.61. The van der Waals surface area contributed by atoms with Crippen molar-refractivity contribution in [3.8, 4) is 5.75 Å². The number of esters is 1. The van der Waals surface area contributed by atoms with E-state index in [-0.39, 0.29) is 24.0 Å². The van der Waals surface area contributed by atoms with Crippen molar-refractivity contribution in [2.24, 2.45) is 0 Å². The van der Waals surface area contributed by atoms with Crippen LogP contribution in [0.15, 0.2) is 60.9 Å². The summed E-state index contributed by atoms with van der Waals surface area (Å²) in [5.41, 5.74) is 2.50. The van der Waals surface area contributed by atoms with Gasteiger partial charge in [-0.2, -0.15) is 0 Å². The van der Waals surface area contributed by atoms with Gasteiger partial charge in [-0.15, -0.1) is 0 Å². The minimum absolute atomic E-state index is 0.0294. The molecule has 10 nitrogen and oxygen atoms in total. The molecule has 2 N–H and O–H groups in total. The summed E-state index contributed by atoms with van der Waals surface area (Å²) in [4.78, 5) is 38.3. The van der Waals surface area contributed by atoms with E-state index in [0.29, 0.717) is 37.0 Å². The van der Waals surface area contributed by atoms with Crippen LogP contribution < -0.4 is 15.4 Å². The second-order valence-corrected chi connectivity index (χ2v) is 11.2. The van der Waals surface area contributed by atoms with Crippen LogP contribution in [0, 0.1) is 0 Å². The van der Waals surface area contributed by atoms with Crippen molar-refractivity contribution in [2.75, 3.05) is 56.5 Å². The molecule has 1 saturated heterocycles. The molecular weight excluding hydrogens is 544 g/mol. The normalized spacial score (nSPS) is 17.3. The van der Waals surface area contributed by atoms with Crippen molar-refractivity contribution in [3.05, 3.63) is 66.5 Å². The van der Waals surface area contributed by atoms with Crippen molar-refractivity contribution in [2.45, 2.75) is 51.7 Å². The van der Waals surface area contributed by atoms with Crippen LogP contribution in [0.5, 0.6) is 5.75 Å². The lowest BCUT2D eigenvalue weighted by molar-refractivity contribution is -0.144. The van der Waals surface area contributed by atoms with Crippen molar-refractivity contribution in [1.29, 1.82) is 0 Å². The summed E-state index contributed by atoms with van der Waals surface area (Å²) in [6.07, 6.45) is 9.44. The number of carbonyl (C=O) groups is 2. The number of amides is 1. The average molecular weight is 587 g/mol. The molecule has 43 heavy (non-hydrogen) atoms. The van der Waals surface area contributed by atoms with Crippen LogP contribution in [0.4, 0.5) is 11.5 Å². The van der Waals surface area contributed by atoms with Gasteiger partial charge in [-0.25, -0.2) is 9.97 Å². The van der Waals surface area contributed by atoms with E-state index in [1.165, 1.54) is 0 Å². The highest BCUT2D eigenvalue weighted by atomic mass is 16.5. The quantitative estimate of drug-likeness (QED) is 0.229. The van der Waals surface area contributed by atoms with E-state index in [0.717, 1.165) is 68.3 Å². The first-order valence-corrected chi connectivity index (χ1v) is 15.3. The number of hydrogen-bond acceptors (Lipinski definition) is 9. The van der Waals surface area contributed by atoms with Crippen molar-refractivity contribution in [3.63, 3.8) is 0 Å². The standard InChI is InChI=1S/C33H42N6O4/c1-3-42-32(41)22-39-18-16-38(17-19-39)15-9-14-31(40)37-29-20-27-28(21-30(29)43-26-12-7-8-13-26)34-23-35-33(27)36-24(2)25-10-5-4-6-11-25/h4-6,9-11,14,20-21,23-24,26H,3,7-8,12-13,15-19,22H2,1-2H3,(H,37,40)(H,34,35,36). The Balaban J connectivity index is 1.26. The van der Waals surface area contributed by atoms with Crippen LogP contribution in [0.25, 0.3) is 10.9 Å². The predicted molar refractivity (Wildman–Crippen MR) is 168 cm³/mol. The van der Waals surface area contributed by atoms with Crippen molar-refractivity contribution < 1.29 is 19.1 Å². The van der Waals surface area contributed by atoms with Gasteiger partial charge in [0.25, 0.3) is 0 Å². The summed E-state index contributed by atoms with van der Waals surface area (Å²) < 4.78 is 11.4. The van der Waals surface area contributed by atoms with Gasteiger partial charge in [0.1, 0.15) is 17.9 Å². The Morgan fingerprint density at radius 1 is 1.05 bits per heavy atom. The van der Waals surface area contributed by atoms with Crippen LogP contribution in [-0.2, 0) is 14.3 Å². The second-order valence-electron chi connectivity index (χ2n) is 11.2. The highest BCUT2D eigenvalue weighted by Gasteiger charge is 2.21. The number of fused-ring (bicyclic) bond motifs is 1. The third-order valence-corrected chi connectivity index (χ3v) is 8.00. The van der Waals surface area contributed by atoms with Gasteiger partial charge in [0.2, 0.25) is 5.91 Å². The average Bonchev–Trinajstić information content (AvgIpc) is 3.52. The zero-order valence-electron chi connectivity index (χ0n) is 25.1. The molecule has 1 aliphatic heterocycles. The summed E-state index contributed by atoms with van der Waals surface area (Å²) in [6.45, 7) is 8.52. The first kappa shape index (κ1) is 30.4. The van der Waals surface area contributed by atoms with Gasteiger partial charge in [0.15, 0.2) is 0 Å². The number of anilines is 2. The monoisotopic (exact) mass is 586 g/mol. The number of piperazine rings is 1. The molecule has 1 unspecified atom stereocenters. The maximum Gasteiger partial charge on any atom is 0.320 e. The van der Waals surface area contributed by atoms with Gasteiger partial charge in [-0.1, -0.05) is 36.4 Å². The SMILES string of the molecule is CCOC(=O)CN1CCN(CC=CC(=O)Nc2cc3c(NC(C)c4ccccc4)ncnc3cc2OC2CCCC2)CC1. The Morgan fingerprint density at radius 2 is 1.79 bits per heavy atom. The highest BCUT2D eigenvalue weighted by Crippen LogP contribution is 2.36. The fourth-order valence-electron chi connectivity index (χ4n) is 5.61. The Morgan fingerprint density at radius 3 is 2.53 bits per heavy atom. The van der Waals surface area contributed by atoms with Crippen LogP contribution in [0.3, 0.4) is 0 Å². The summed E-state index contributed by atoms with van der Waals surface area (Å²) in [6, 6.07) is 14.0. The van der Waals surface area contributed by atoms with E-state index in [9.17, 15) is 9.59 Å². The molecule has 1 aromatic heterocycles. The van der Waals surface area contributed by atoms with Gasteiger partial charge in [-0.3, -0.25) is 19.4 Å². The van der Waals surface area contributed by atoms with Crippen LogP contribution >= 0.6 is 0 Å². The van der Waals surface area contributed by atoms with E-state index >= 15 is 0 Å². The lowest BCUT2D eigenvalue weighted by Crippen LogP contribution is -2.48. The smallest absolute Gasteiger partial charge is 0.320 e. The summed E-state index contributed by atoms with van der Waals surface area (Å²) in [5, 5.41) is 7.38. The number of nitrogens with one attached hydrogen (secondary N) is 2. The van der Waals surface area contributed by atoms with E-state index < -0.39 is 0 Å². The van der Waals surface area contributed by atoms with Gasteiger partial charge in [0.05, 0.1) is 30.5 Å². The molecule has 3 aromatic rings. The summed E-state index contributed by atoms with van der Waals surface area (Å²) >= 11 is 0. The molecule has 1 aliphatic carbocycles. The maximum atomic E-state index is 13.1. The third-order valence-electron chi connectivity index (χ3n) is 8.00. The first-order valence-electron chi connectivity index (χ1n) is 15.3. The number of rotatable bonds is 12. The third kappa shape index (κ3) is 8.52. The number of carbonyl (C=O) groups excluding carboxylic acids is 2. The molecule has 1 amide bonds. The number of aromatic nitrogens is 2. The Kier molecular flexibility index (Phi) is 10.6.